The third kappa shape index (κ3) is 2.38. The number of hydrogen-bond acceptors (Lipinski definition) is 4. The van der Waals surface area contributed by atoms with Crippen molar-refractivity contribution in [1.29, 1.82) is 0 Å². The fourth-order valence-electron chi connectivity index (χ4n) is 1.29. The molecule has 3 N–H and O–H groups in total. The van der Waals surface area contributed by atoms with Crippen LogP contribution in [0.15, 0.2) is 23.0 Å². The third-order valence-corrected chi connectivity index (χ3v) is 2.97. The minimum atomic E-state index is -0.666. The molecule has 1 aromatic heterocycles. The molecule has 5 nitrogen and oxygen atoms in total. The lowest BCUT2D eigenvalue weighted by molar-refractivity contribution is 0.447. The average molecular weight is 348 g/mol. The van der Waals surface area contributed by atoms with Crippen LogP contribution < -0.4 is 5.56 Å². The number of rotatable bonds is 1. The van der Waals surface area contributed by atoms with Gasteiger partial charge in [0, 0.05) is 11.6 Å². The van der Waals surface area contributed by atoms with E-state index in [4.69, 9.17) is 0 Å². The van der Waals surface area contributed by atoms with Crippen molar-refractivity contribution >= 4 is 22.6 Å². The summed E-state index contributed by atoms with van der Waals surface area (Å²) in [5.74, 6) is -1.41. The van der Waals surface area contributed by atoms with Crippen molar-refractivity contribution in [2.45, 2.75) is 0 Å². The van der Waals surface area contributed by atoms with Crippen LogP contribution >= 0.6 is 22.6 Å². The number of phenols is 1. The molecule has 0 amide bonds. The molecule has 0 fully saturated rings. The molecule has 0 aliphatic heterocycles. The molecule has 0 saturated heterocycles. The van der Waals surface area contributed by atoms with Gasteiger partial charge in [-0.15, -0.1) is 0 Å². The molecule has 0 radical (unpaired) electrons. The summed E-state index contributed by atoms with van der Waals surface area (Å²) in [5.41, 5.74) is -0.358. The van der Waals surface area contributed by atoms with E-state index >= 15 is 0 Å². The zero-order chi connectivity index (χ0) is 12.6. The minimum absolute atomic E-state index is 0.0114. The Morgan fingerprint density at radius 1 is 1.29 bits per heavy atom. The largest absolute Gasteiger partial charge is 0.508 e. The van der Waals surface area contributed by atoms with Gasteiger partial charge in [-0.05, 0) is 34.7 Å². The molecule has 2 rings (SSSR count). The number of nitrogens with zero attached hydrogens (tertiary/aromatic N) is 1. The Morgan fingerprint density at radius 3 is 2.59 bits per heavy atom. The van der Waals surface area contributed by atoms with Gasteiger partial charge in [-0.25, -0.2) is 4.39 Å². The van der Waals surface area contributed by atoms with Crippen molar-refractivity contribution < 1.29 is 14.6 Å². The molecule has 0 aliphatic carbocycles. The highest BCUT2D eigenvalue weighted by Gasteiger charge is 2.10. The Hall–Kier alpha value is -1.64. The molecule has 0 saturated carbocycles. The van der Waals surface area contributed by atoms with Crippen LogP contribution in [-0.4, -0.2) is 20.2 Å². The molecule has 1 heterocycles. The first-order chi connectivity index (χ1) is 7.97. The normalized spacial score (nSPS) is 10.5. The molecule has 0 bridgehead atoms. The summed E-state index contributed by atoms with van der Waals surface area (Å²) in [5, 5.41) is 18.6. The maximum Gasteiger partial charge on any atom is 0.268 e. The number of nitrogens with one attached hydrogen (secondary N) is 1. The number of aromatic nitrogens is 2. The molecule has 1 aromatic carbocycles. The number of H-pyrrole nitrogens is 1. The number of hydrogen-bond donors (Lipinski definition) is 3. The molecule has 88 valence electrons. The summed E-state index contributed by atoms with van der Waals surface area (Å²) in [6.45, 7) is 0. The van der Waals surface area contributed by atoms with Crippen LogP contribution in [0.25, 0.3) is 11.4 Å². The van der Waals surface area contributed by atoms with Gasteiger partial charge >= 0.3 is 0 Å². The van der Waals surface area contributed by atoms with Gasteiger partial charge in [0.2, 0.25) is 5.88 Å². The van der Waals surface area contributed by atoms with E-state index in [1.54, 1.807) is 22.6 Å². The van der Waals surface area contributed by atoms with Gasteiger partial charge in [0.15, 0.2) is 0 Å². The summed E-state index contributed by atoms with van der Waals surface area (Å²) in [4.78, 5) is 17.5. The summed E-state index contributed by atoms with van der Waals surface area (Å²) in [6.07, 6.45) is 0. The molecule has 0 spiro atoms. The van der Waals surface area contributed by atoms with Crippen molar-refractivity contribution in [2.75, 3.05) is 0 Å². The van der Waals surface area contributed by atoms with Gasteiger partial charge in [0.05, 0.1) is 0 Å². The number of aromatic amines is 1. The lowest BCUT2D eigenvalue weighted by atomic mass is 10.2. The van der Waals surface area contributed by atoms with E-state index in [0.717, 1.165) is 12.1 Å². The topological polar surface area (TPSA) is 86.2 Å². The Bertz CT molecular complexity index is 622. The SMILES string of the molecule is O=c1[nH]c(-c2cc(O)cc(F)c2)nc(O)c1I. The standard InChI is InChI=1S/C10H6FIN2O3/c11-5-1-4(2-6(15)3-5)8-13-9(16)7(12)10(17)14-8/h1-3,15H,(H2,13,14,16,17). The van der Waals surface area contributed by atoms with E-state index < -0.39 is 17.3 Å². The molecular formula is C10H6FIN2O3. The van der Waals surface area contributed by atoms with E-state index in [2.05, 4.69) is 9.97 Å². The number of halogens is 2. The fraction of sp³-hybridized carbons (Fsp3) is 0. The first kappa shape index (κ1) is 11.8. The Morgan fingerprint density at radius 2 is 2.00 bits per heavy atom. The second-order valence-corrected chi connectivity index (χ2v) is 4.33. The summed E-state index contributed by atoms with van der Waals surface area (Å²) in [6, 6.07) is 3.24. The Labute approximate surface area is 108 Å². The Balaban J connectivity index is 2.65. The van der Waals surface area contributed by atoms with E-state index in [1.165, 1.54) is 6.07 Å². The molecule has 0 aliphatic rings. The van der Waals surface area contributed by atoms with Crippen LogP contribution in [0.5, 0.6) is 11.6 Å². The summed E-state index contributed by atoms with van der Waals surface area (Å²) >= 11 is 1.64. The Kier molecular flexibility index (Phi) is 3.01. The maximum atomic E-state index is 13.1. The maximum absolute atomic E-state index is 13.1. The molecule has 7 heteroatoms. The van der Waals surface area contributed by atoms with Crippen molar-refractivity contribution in [2.24, 2.45) is 0 Å². The highest BCUT2D eigenvalue weighted by molar-refractivity contribution is 14.1. The van der Waals surface area contributed by atoms with E-state index in [1.807, 2.05) is 0 Å². The summed E-state index contributed by atoms with van der Waals surface area (Å²) < 4.78 is 13.1. The van der Waals surface area contributed by atoms with Crippen LogP contribution in [0.3, 0.4) is 0 Å². The van der Waals surface area contributed by atoms with Crippen molar-refractivity contribution in [3.05, 3.63) is 37.9 Å². The number of phenolic OH excluding ortho intramolecular Hbond substituents is 1. The summed E-state index contributed by atoms with van der Waals surface area (Å²) in [7, 11) is 0. The van der Waals surface area contributed by atoms with Crippen LogP contribution in [0.1, 0.15) is 0 Å². The van der Waals surface area contributed by atoms with Crippen LogP contribution in [0, 0.1) is 9.39 Å². The zero-order valence-corrected chi connectivity index (χ0v) is 10.4. The predicted molar refractivity (Wildman–Crippen MR) is 66.3 cm³/mol. The van der Waals surface area contributed by atoms with Gasteiger partial charge in [-0.3, -0.25) is 4.79 Å². The monoisotopic (exact) mass is 348 g/mol. The number of aromatic hydroxyl groups is 2. The fourth-order valence-corrected chi connectivity index (χ4v) is 1.55. The van der Waals surface area contributed by atoms with Crippen molar-refractivity contribution in [3.63, 3.8) is 0 Å². The van der Waals surface area contributed by atoms with Gasteiger partial charge in [-0.2, -0.15) is 4.98 Å². The molecule has 0 unspecified atom stereocenters. The first-order valence-corrected chi connectivity index (χ1v) is 5.54. The van der Waals surface area contributed by atoms with Crippen molar-refractivity contribution in [3.8, 4) is 23.0 Å². The lowest BCUT2D eigenvalue weighted by Crippen LogP contribution is -2.12. The first-order valence-electron chi connectivity index (χ1n) is 4.46. The van der Waals surface area contributed by atoms with Crippen LogP contribution in [0.4, 0.5) is 4.39 Å². The highest BCUT2D eigenvalue weighted by Crippen LogP contribution is 2.23. The molecule has 17 heavy (non-hydrogen) atoms. The van der Waals surface area contributed by atoms with Crippen LogP contribution in [0.2, 0.25) is 0 Å². The second kappa shape index (κ2) is 4.32. The van der Waals surface area contributed by atoms with E-state index in [0.29, 0.717) is 0 Å². The smallest absolute Gasteiger partial charge is 0.268 e. The second-order valence-electron chi connectivity index (χ2n) is 3.25. The minimum Gasteiger partial charge on any atom is -0.508 e. The van der Waals surface area contributed by atoms with Gasteiger partial charge in [0.1, 0.15) is 21.0 Å². The third-order valence-electron chi connectivity index (χ3n) is 2.00. The lowest BCUT2D eigenvalue weighted by Gasteiger charge is -2.03. The van der Waals surface area contributed by atoms with E-state index in [-0.39, 0.29) is 20.7 Å². The van der Waals surface area contributed by atoms with E-state index in [9.17, 15) is 19.4 Å². The predicted octanol–water partition coefficient (Wildman–Crippen LogP) is 1.59. The molecule has 2 aromatic rings. The highest BCUT2D eigenvalue weighted by atomic mass is 127. The molecule has 0 atom stereocenters. The van der Waals surface area contributed by atoms with Gasteiger partial charge in [-0.1, -0.05) is 0 Å². The number of benzene rings is 1. The van der Waals surface area contributed by atoms with Crippen LogP contribution in [-0.2, 0) is 0 Å². The van der Waals surface area contributed by atoms with Gasteiger partial charge < -0.3 is 15.2 Å². The molecular weight excluding hydrogens is 342 g/mol. The van der Waals surface area contributed by atoms with Crippen molar-refractivity contribution in [1.82, 2.24) is 9.97 Å². The zero-order valence-electron chi connectivity index (χ0n) is 8.24. The quantitative estimate of drug-likeness (QED) is 0.684. The average Bonchev–Trinajstić information content (AvgIpc) is 2.23. The van der Waals surface area contributed by atoms with Gasteiger partial charge in [0.25, 0.3) is 5.56 Å².